The molecule has 0 aromatic heterocycles. The van der Waals surface area contributed by atoms with E-state index in [0.29, 0.717) is 0 Å². The molecule has 0 heterocycles. The van der Waals surface area contributed by atoms with Gasteiger partial charge in [0, 0.05) is 14.7 Å². The summed E-state index contributed by atoms with van der Waals surface area (Å²) in [7, 11) is -1.39. The van der Waals surface area contributed by atoms with Gasteiger partial charge in [-0.1, -0.05) is 54.6 Å². The van der Waals surface area contributed by atoms with Gasteiger partial charge < -0.3 is 0 Å². The Morgan fingerprint density at radius 1 is 0.619 bits per heavy atom. The van der Waals surface area contributed by atoms with Crippen LogP contribution in [0.25, 0.3) is 0 Å². The maximum Gasteiger partial charge on any atom is 0.0108 e. The van der Waals surface area contributed by atoms with Crippen molar-refractivity contribution < 1.29 is 0 Å². The van der Waals surface area contributed by atoms with Crippen LogP contribution in [0.4, 0.5) is 0 Å². The van der Waals surface area contributed by atoms with Gasteiger partial charge in [-0.15, -0.1) is 8.46 Å². The van der Waals surface area contributed by atoms with Crippen LogP contribution in [0.15, 0.2) is 99.6 Å². The molecule has 2 heteroatoms. The van der Waals surface area contributed by atoms with E-state index in [2.05, 4.69) is 107 Å². The lowest BCUT2D eigenvalue weighted by atomic mass is 10.2. The smallest absolute Gasteiger partial charge is 0.0108 e. The minimum Gasteiger partial charge on any atom is -0.101 e. The van der Waals surface area contributed by atoms with E-state index < -0.39 is 8.46 Å². The topological polar surface area (TPSA) is 0 Å². The molecule has 0 nitrogen and oxygen atoms in total. The molecule has 3 rings (SSSR count). The summed E-state index contributed by atoms with van der Waals surface area (Å²) in [6.45, 7) is 2.18. The first-order chi connectivity index (χ1) is 10.2. The predicted octanol–water partition coefficient (Wildman–Crippen LogP) is 6.59. The molecule has 0 N–H and O–H groups in total. The molecule has 0 amide bonds. The van der Waals surface area contributed by atoms with Gasteiger partial charge in [-0.25, -0.2) is 0 Å². The molecular weight excluding hydrogens is 340 g/mol. The molecule has 0 bridgehead atoms. The molecule has 0 fully saturated rings. The van der Waals surface area contributed by atoms with Crippen LogP contribution in [0.5, 0.6) is 0 Å². The largest absolute Gasteiger partial charge is 0.101 e. The fourth-order valence-electron chi connectivity index (χ4n) is 2.48. The molecule has 0 saturated heterocycles. The molecule has 3 aromatic rings. The number of hydrogen-bond acceptors (Lipinski definition) is 0. The summed E-state index contributed by atoms with van der Waals surface area (Å²) in [4.78, 5) is 4.01. The van der Waals surface area contributed by atoms with Crippen molar-refractivity contribution in [3.63, 3.8) is 0 Å². The minimum absolute atomic E-state index is 1.32. The monoisotopic (exact) mass is 356 g/mol. The summed E-state index contributed by atoms with van der Waals surface area (Å²) >= 11 is 4.14. The highest BCUT2D eigenvalue weighted by atomic mass is 79.9. The van der Waals surface area contributed by atoms with E-state index in [0.717, 1.165) is 0 Å². The first kappa shape index (κ1) is 14.4. The van der Waals surface area contributed by atoms with E-state index in [1.165, 1.54) is 20.2 Å². The SMILES string of the molecule is Cc1ccccc1S(Br)(c1ccccc1)c1ccccc1. The van der Waals surface area contributed by atoms with Crippen LogP contribution in [0, 0.1) is 6.92 Å². The van der Waals surface area contributed by atoms with Gasteiger partial charge in [0.1, 0.15) is 0 Å². The molecular formula is C19H17BrS. The fourth-order valence-corrected chi connectivity index (χ4v) is 7.48. The molecule has 0 radical (unpaired) electrons. The van der Waals surface area contributed by atoms with Crippen molar-refractivity contribution in [3.8, 4) is 0 Å². The lowest BCUT2D eigenvalue weighted by molar-refractivity contribution is 1.25. The van der Waals surface area contributed by atoms with E-state index >= 15 is 0 Å². The maximum absolute atomic E-state index is 4.14. The highest BCUT2D eigenvalue weighted by Gasteiger charge is 2.28. The lowest BCUT2D eigenvalue weighted by Gasteiger charge is -2.36. The Hall–Kier alpha value is -1.51. The van der Waals surface area contributed by atoms with Crippen molar-refractivity contribution in [1.82, 2.24) is 0 Å². The second-order valence-electron chi connectivity index (χ2n) is 4.93. The van der Waals surface area contributed by atoms with Crippen LogP contribution in [-0.2, 0) is 0 Å². The Labute approximate surface area is 135 Å². The van der Waals surface area contributed by atoms with Crippen LogP contribution >= 0.6 is 23.3 Å². The quantitative estimate of drug-likeness (QED) is 0.496. The van der Waals surface area contributed by atoms with Crippen molar-refractivity contribution in [2.45, 2.75) is 21.6 Å². The molecule has 0 atom stereocenters. The third-order valence-electron chi connectivity index (χ3n) is 3.53. The summed E-state index contributed by atoms with van der Waals surface area (Å²) in [6, 6.07) is 30.1. The van der Waals surface area contributed by atoms with Crippen molar-refractivity contribution in [2.75, 3.05) is 0 Å². The van der Waals surface area contributed by atoms with Crippen LogP contribution in [0.1, 0.15) is 5.56 Å². The summed E-state index contributed by atoms with van der Waals surface area (Å²) in [5.41, 5.74) is 1.32. The van der Waals surface area contributed by atoms with E-state index in [1.807, 2.05) is 0 Å². The summed E-state index contributed by atoms with van der Waals surface area (Å²) in [5, 5.41) is 0. The Morgan fingerprint density at radius 3 is 1.52 bits per heavy atom. The van der Waals surface area contributed by atoms with Crippen LogP contribution in [0.3, 0.4) is 0 Å². The van der Waals surface area contributed by atoms with Gasteiger partial charge in [-0.05, 0) is 57.6 Å². The third-order valence-corrected chi connectivity index (χ3v) is 9.73. The molecule has 0 unspecified atom stereocenters. The molecule has 0 aliphatic carbocycles. The zero-order valence-electron chi connectivity index (χ0n) is 11.9. The zero-order valence-corrected chi connectivity index (χ0v) is 14.3. The van der Waals surface area contributed by atoms with Gasteiger partial charge in [0.05, 0.1) is 0 Å². The van der Waals surface area contributed by atoms with Gasteiger partial charge in [0.2, 0.25) is 0 Å². The van der Waals surface area contributed by atoms with Crippen LogP contribution in [0.2, 0.25) is 0 Å². The Bertz CT molecular complexity index is 683. The maximum atomic E-state index is 4.14. The minimum atomic E-state index is -1.39. The lowest BCUT2D eigenvalue weighted by Crippen LogP contribution is -1.98. The third kappa shape index (κ3) is 2.66. The first-order valence-corrected chi connectivity index (χ1v) is 10.4. The number of halogens is 1. The van der Waals surface area contributed by atoms with Gasteiger partial charge in [-0.3, -0.25) is 0 Å². The van der Waals surface area contributed by atoms with Crippen molar-refractivity contribution in [1.29, 1.82) is 0 Å². The summed E-state index contributed by atoms with van der Waals surface area (Å²) < 4.78 is 0. The Kier molecular flexibility index (Phi) is 4.18. The van der Waals surface area contributed by atoms with Crippen molar-refractivity contribution in [2.24, 2.45) is 0 Å². The number of aryl methyl sites for hydroxylation is 1. The molecule has 106 valence electrons. The highest BCUT2D eigenvalue weighted by Crippen LogP contribution is 2.74. The van der Waals surface area contributed by atoms with Crippen LogP contribution < -0.4 is 0 Å². The number of benzene rings is 3. The summed E-state index contributed by atoms with van der Waals surface area (Å²) in [6.07, 6.45) is 0. The van der Waals surface area contributed by atoms with Gasteiger partial charge in [0.15, 0.2) is 0 Å². The van der Waals surface area contributed by atoms with E-state index in [-0.39, 0.29) is 0 Å². The number of rotatable bonds is 3. The second kappa shape index (κ2) is 6.08. The highest BCUT2D eigenvalue weighted by molar-refractivity contribution is 9.58. The van der Waals surface area contributed by atoms with E-state index in [1.54, 1.807) is 0 Å². The molecule has 0 aliphatic rings. The Morgan fingerprint density at radius 2 is 1.05 bits per heavy atom. The molecule has 0 spiro atoms. The summed E-state index contributed by atoms with van der Waals surface area (Å²) in [5.74, 6) is 0. The van der Waals surface area contributed by atoms with Gasteiger partial charge >= 0.3 is 0 Å². The molecule has 0 aliphatic heterocycles. The molecule has 21 heavy (non-hydrogen) atoms. The van der Waals surface area contributed by atoms with E-state index in [9.17, 15) is 0 Å². The normalized spacial score (nSPS) is 12.1. The predicted molar refractivity (Wildman–Crippen MR) is 95.4 cm³/mol. The molecule has 0 saturated carbocycles. The Balaban J connectivity index is 2.29. The van der Waals surface area contributed by atoms with E-state index in [4.69, 9.17) is 0 Å². The molecule has 3 aromatic carbocycles. The van der Waals surface area contributed by atoms with Crippen molar-refractivity contribution >= 4 is 23.3 Å². The van der Waals surface area contributed by atoms with Crippen molar-refractivity contribution in [3.05, 3.63) is 90.5 Å². The second-order valence-corrected chi connectivity index (χ2v) is 10.3. The fraction of sp³-hybridized carbons (Fsp3) is 0.0526. The van der Waals surface area contributed by atoms with Gasteiger partial charge in [0.25, 0.3) is 0 Å². The first-order valence-electron chi connectivity index (χ1n) is 6.92. The average Bonchev–Trinajstić information content (AvgIpc) is 2.56. The van der Waals surface area contributed by atoms with Crippen LogP contribution in [-0.4, -0.2) is 0 Å². The zero-order chi connectivity index (χ0) is 14.7. The average molecular weight is 357 g/mol. The number of hydrogen-bond donors (Lipinski definition) is 0. The van der Waals surface area contributed by atoms with Gasteiger partial charge in [-0.2, -0.15) is 0 Å². The standard InChI is InChI=1S/C19H17BrS/c1-16-10-8-9-15-19(16)21(20,17-11-4-2-5-12-17)18-13-6-3-7-14-18/h2-15H,1H3.